The number of hydrogen-bond donors (Lipinski definition) is 1. The van der Waals surface area contributed by atoms with Crippen molar-refractivity contribution < 1.29 is 28.5 Å². The maximum atomic E-state index is 12.4. The summed E-state index contributed by atoms with van der Waals surface area (Å²) in [6.45, 7) is 10.5. The fourth-order valence-electron chi connectivity index (χ4n) is 3.23. The lowest BCUT2D eigenvalue weighted by Gasteiger charge is -2.14. The van der Waals surface area contributed by atoms with E-state index in [0.717, 1.165) is 13.0 Å². The molecule has 0 aliphatic rings. The number of ether oxygens (including phenoxy) is 4. The zero-order valence-corrected chi connectivity index (χ0v) is 23.3. The smallest absolute Gasteiger partial charge is 0.170 e. The standard InChI is InChI=1S/C28H44N4O6.CH4/c1-22(2)9-7-15-35-16-8-11-25(33)20-36-17-18-37-28(31-32-29)21-38-26-12-5-10-24(19-26)27(34)13-6-14-30-23(3)4;/h5,7,9-10,12,19,22-23,28,30H,6,8,11,13-18,20-21H2,1-4H3;1H4/b9-7+;. The molecule has 0 heterocycles. The van der Waals surface area contributed by atoms with Gasteiger partial charge in [0.2, 0.25) is 0 Å². The van der Waals surface area contributed by atoms with Crippen molar-refractivity contribution in [2.45, 2.75) is 73.1 Å². The number of carbonyl (C=O) groups excluding carboxylic acids is 2. The molecule has 0 fully saturated rings. The van der Waals surface area contributed by atoms with E-state index in [-0.39, 0.29) is 45.4 Å². The molecular weight excluding hydrogens is 500 g/mol. The van der Waals surface area contributed by atoms with Crippen molar-refractivity contribution in [3.05, 3.63) is 52.4 Å². The van der Waals surface area contributed by atoms with Gasteiger partial charge >= 0.3 is 0 Å². The summed E-state index contributed by atoms with van der Waals surface area (Å²) in [5.41, 5.74) is 9.39. The maximum Gasteiger partial charge on any atom is 0.170 e. The summed E-state index contributed by atoms with van der Waals surface area (Å²) in [7, 11) is 0. The van der Waals surface area contributed by atoms with Crippen LogP contribution in [0.2, 0.25) is 0 Å². The molecule has 220 valence electrons. The van der Waals surface area contributed by atoms with E-state index in [0.29, 0.717) is 55.7 Å². The van der Waals surface area contributed by atoms with Gasteiger partial charge in [-0.3, -0.25) is 9.59 Å². The fraction of sp³-hybridized carbons (Fsp3) is 0.655. The number of Topliss-reactive ketones (excluding diaryl/α,β-unsaturated/α-hetero) is 2. The van der Waals surface area contributed by atoms with Gasteiger partial charge in [-0.15, -0.1) is 0 Å². The Balaban J connectivity index is 0.0000144. The molecule has 1 unspecified atom stereocenters. The van der Waals surface area contributed by atoms with Crippen molar-refractivity contribution in [2.75, 3.05) is 46.2 Å². The molecule has 0 bridgehead atoms. The molecule has 0 aromatic heterocycles. The molecule has 0 radical (unpaired) electrons. The second-order valence-corrected chi connectivity index (χ2v) is 9.45. The van der Waals surface area contributed by atoms with E-state index in [4.69, 9.17) is 24.5 Å². The highest BCUT2D eigenvalue weighted by Gasteiger charge is 2.11. The predicted octanol–water partition coefficient (Wildman–Crippen LogP) is 5.91. The zero-order valence-electron chi connectivity index (χ0n) is 23.3. The van der Waals surface area contributed by atoms with Crippen molar-refractivity contribution in [3.8, 4) is 5.75 Å². The summed E-state index contributed by atoms with van der Waals surface area (Å²) in [6, 6.07) is 7.29. The van der Waals surface area contributed by atoms with Crippen LogP contribution in [0.1, 0.15) is 71.2 Å². The average molecular weight is 549 g/mol. The summed E-state index contributed by atoms with van der Waals surface area (Å²) in [5, 5.41) is 6.89. The molecule has 1 aromatic carbocycles. The third kappa shape index (κ3) is 19.9. The number of nitrogens with zero attached hydrogens (tertiary/aromatic N) is 3. The van der Waals surface area contributed by atoms with Crippen molar-refractivity contribution in [2.24, 2.45) is 11.0 Å². The summed E-state index contributed by atoms with van der Waals surface area (Å²) < 4.78 is 22.0. The van der Waals surface area contributed by atoms with Crippen molar-refractivity contribution >= 4 is 11.6 Å². The van der Waals surface area contributed by atoms with Gasteiger partial charge in [-0.2, -0.15) is 0 Å². The van der Waals surface area contributed by atoms with E-state index < -0.39 is 6.23 Å². The predicted molar refractivity (Wildman–Crippen MR) is 154 cm³/mol. The van der Waals surface area contributed by atoms with Crippen LogP contribution in [0, 0.1) is 5.92 Å². The van der Waals surface area contributed by atoms with Gasteiger partial charge in [0.25, 0.3) is 0 Å². The van der Waals surface area contributed by atoms with E-state index >= 15 is 0 Å². The molecule has 1 rings (SSSR count). The second-order valence-electron chi connectivity index (χ2n) is 9.45. The highest BCUT2D eigenvalue weighted by Crippen LogP contribution is 2.16. The lowest BCUT2D eigenvalue weighted by Crippen LogP contribution is -2.24. The first-order valence-corrected chi connectivity index (χ1v) is 13.3. The Morgan fingerprint density at radius 2 is 1.87 bits per heavy atom. The van der Waals surface area contributed by atoms with Crippen molar-refractivity contribution in [1.82, 2.24) is 5.32 Å². The third-order valence-corrected chi connectivity index (χ3v) is 5.14. The molecule has 1 atom stereocenters. The van der Waals surface area contributed by atoms with Gasteiger partial charge in [-0.05, 0) is 43.0 Å². The average Bonchev–Trinajstić information content (AvgIpc) is 2.88. The second kappa shape index (κ2) is 23.2. The molecule has 0 spiro atoms. The molecule has 0 aliphatic heterocycles. The third-order valence-electron chi connectivity index (χ3n) is 5.14. The minimum Gasteiger partial charge on any atom is -0.491 e. The fourth-order valence-corrected chi connectivity index (χ4v) is 3.23. The normalized spacial score (nSPS) is 11.8. The Kier molecular flexibility index (Phi) is 21.5. The van der Waals surface area contributed by atoms with Gasteiger partial charge in [-0.25, -0.2) is 0 Å². The van der Waals surface area contributed by atoms with Crippen molar-refractivity contribution in [3.63, 3.8) is 0 Å². The molecule has 1 N–H and O–H groups in total. The van der Waals surface area contributed by atoms with Crippen LogP contribution in [-0.2, 0) is 19.0 Å². The van der Waals surface area contributed by atoms with Crippen LogP contribution in [0.25, 0.3) is 10.4 Å². The van der Waals surface area contributed by atoms with E-state index in [2.05, 4.69) is 49.1 Å². The van der Waals surface area contributed by atoms with Crippen molar-refractivity contribution in [1.29, 1.82) is 0 Å². The minimum atomic E-state index is -0.873. The first-order chi connectivity index (χ1) is 18.3. The summed E-state index contributed by atoms with van der Waals surface area (Å²) in [6.07, 6.45) is 5.43. The largest absolute Gasteiger partial charge is 0.491 e. The van der Waals surface area contributed by atoms with Gasteiger partial charge in [-0.1, -0.05) is 64.5 Å². The lowest BCUT2D eigenvalue weighted by atomic mass is 10.1. The highest BCUT2D eigenvalue weighted by atomic mass is 16.6. The highest BCUT2D eigenvalue weighted by molar-refractivity contribution is 5.96. The van der Waals surface area contributed by atoms with Crippen LogP contribution in [0.15, 0.2) is 41.5 Å². The van der Waals surface area contributed by atoms with Gasteiger partial charge < -0.3 is 24.3 Å². The van der Waals surface area contributed by atoms with Crippen LogP contribution in [-0.4, -0.2) is 70.0 Å². The topological polar surface area (TPSA) is 132 Å². The van der Waals surface area contributed by atoms with Crippen LogP contribution in [0.4, 0.5) is 0 Å². The molecule has 0 amide bonds. The number of carbonyl (C=O) groups is 2. The minimum absolute atomic E-state index is 0. The van der Waals surface area contributed by atoms with Crippen LogP contribution < -0.4 is 10.1 Å². The summed E-state index contributed by atoms with van der Waals surface area (Å²) in [4.78, 5) is 27.1. The van der Waals surface area contributed by atoms with Gasteiger partial charge in [0.1, 0.15) is 19.0 Å². The first-order valence-electron chi connectivity index (χ1n) is 13.3. The van der Waals surface area contributed by atoms with Gasteiger partial charge in [0, 0.05) is 36.0 Å². The number of hydrogen-bond acceptors (Lipinski definition) is 8. The molecular formula is C29H48N4O6. The quantitative estimate of drug-likeness (QED) is 0.0449. The number of rotatable bonds is 23. The molecule has 39 heavy (non-hydrogen) atoms. The molecule has 10 nitrogen and oxygen atoms in total. The Bertz CT molecular complexity index is 884. The van der Waals surface area contributed by atoms with Crippen LogP contribution in [0.5, 0.6) is 5.75 Å². The SMILES string of the molecule is C.CC(C)/C=C/COCCCC(=O)COCCOC(COc1cccc(C(=O)CCCNC(C)C)c1)N=[N+]=[N-]. The Morgan fingerprint density at radius 1 is 1.08 bits per heavy atom. The Morgan fingerprint density at radius 3 is 2.59 bits per heavy atom. The van der Waals surface area contributed by atoms with E-state index in [1.807, 2.05) is 6.08 Å². The van der Waals surface area contributed by atoms with Gasteiger partial charge in [0.05, 0.1) is 19.8 Å². The summed E-state index contributed by atoms with van der Waals surface area (Å²) in [5.74, 6) is 1.02. The Hall–Kier alpha value is -2.75. The molecule has 0 saturated heterocycles. The molecule has 1 aromatic rings. The Labute approximate surface area is 234 Å². The zero-order chi connectivity index (χ0) is 28.0. The number of allylic oxidation sites excluding steroid dienone is 1. The number of azide groups is 1. The first kappa shape index (κ1) is 36.2. The lowest BCUT2D eigenvalue weighted by molar-refractivity contribution is -0.124. The summed E-state index contributed by atoms with van der Waals surface area (Å²) >= 11 is 0. The number of ketones is 2. The maximum absolute atomic E-state index is 12.4. The number of nitrogens with one attached hydrogen (secondary N) is 1. The van der Waals surface area contributed by atoms with Gasteiger partial charge in [0.15, 0.2) is 17.8 Å². The molecule has 10 heteroatoms. The van der Waals surface area contributed by atoms with E-state index in [1.54, 1.807) is 24.3 Å². The van der Waals surface area contributed by atoms with Crippen LogP contribution >= 0.6 is 0 Å². The monoisotopic (exact) mass is 548 g/mol. The molecule has 0 saturated carbocycles. The van der Waals surface area contributed by atoms with E-state index in [1.165, 1.54) is 0 Å². The van der Waals surface area contributed by atoms with E-state index in [9.17, 15) is 9.59 Å². The van der Waals surface area contributed by atoms with Crippen LogP contribution in [0.3, 0.4) is 0 Å². The molecule has 0 aliphatic carbocycles. The number of benzene rings is 1.